The van der Waals surface area contributed by atoms with Crippen molar-refractivity contribution in [3.63, 3.8) is 0 Å². The van der Waals surface area contributed by atoms with Gasteiger partial charge in [0.05, 0.1) is 16.6 Å². The normalized spacial score (nSPS) is 16.2. The van der Waals surface area contributed by atoms with E-state index >= 15 is 0 Å². The third-order valence-electron chi connectivity index (χ3n) is 3.81. The van der Waals surface area contributed by atoms with Crippen LogP contribution in [0.3, 0.4) is 0 Å². The summed E-state index contributed by atoms with van der Waals surface area (Å²) in [4.78, 5) is 53.0. The largest absolute Gasteiger partial charge is 0.497 e. The van der Waals surface area contributed by atoms with Crippen LogP contribution >= 0.6 is 42.4 Å². The second kappa shape index (κ2) is 11.0. The van der Waals surface area contributed by atoms with Crippen LogP contribution in [0.1, 0.15) is 22.0 Å². The van der Waals surface area contributed by atoms with Crippen molar-refractivity contribution in [3.8, 4) is 0 Å². The van der Waals surface area contributed by atoms with Gasteiger partial charge in [-0.1, -0.05) is 11.3 Å². The predicted molar refractivity (Wildman–Crippen MR) is 114 cm³/mol. The molecule has 2 aromatic heterocycles. The lowest BCUT2D eigenvalue weighted by atomic mass is 10.2. The minimum absolute atomic E-state index is 0.193. The molecule has 0 saturated carbocycles. The summed E-state index contributed by atoms with van der Waals surface area (Å²) in [6, 6.07) is 0. The molecule has 0 aliphatic carbocycles. The summed E-state index contributed by atoms with van der Waals surface area (Å²) >= 11 is 1.16. The smallest absolute Gasteiger partial charge is 0.383 e. The van der Waals surface area contributed by atoms with Crippen molar-refractivity contribution in [3.05, 3.63) is 33.7 Å². The van der Waals surface area contributed by atoms with Gasteiger partial charge >= 0.3 is 31.1 Å². The topological polar surface area (TPSA) is 262 Å². The molecule has 0 aliphatic heterocycles. The van der Waals surface area contributed by atoms with Crippen LogP contribution in [0, 0.1) is 13.8 Å². The highest BCUT2D eigenvalue weighted by molar-refractivity contribution is 7.68. The Morgan fingerprint density at radius 2 is 1.68 bits per heavy atom. The number of aryl methyl sites for hydroxylation is 2. The molecule has 22 heteroatoms. The van der Waals surface area contributed by atoms with Gasteiger partial charge in [-0.25, -0.2) is 28.0 Å². The van der Waals surface area contributed by atoms with Crippen molar-refractivity contribution in [1.82, 2.24) is 9.97 Å². The summed E-state index contributed by atoms with van der Waals surface area (Å²) in [5.41, 5.74) is 8.81. The highest BCUT2D eigenvalue weighted by Gasteiger charge is 2.43. The molecule has 0 fully saturated rings. The lowest BCUT2D eigenvalue weighted by Crippen LogP contribution is -2.35. The molecule has 0 spiro atoms. The zero-order chi connectivity index (χ0) is 25.9. The van der Waals surface area contributed by atoms with E-state index in [0.29, 0.717) is 22.0 Å². The summed E-state index contributed by atoms with van der Waals surface area (Å²) in [7, 11) is -21.7. The first-order chi connectivity index (χ1) is 15.4. The van der Waals surface area contributed by atoms with Crippen LogP contribution < -0.4 is 10.3 Å². The van der Waals surface area contributed by atoms with Gasteiger partial charge in [0.1, 0.15) is 11.6 Å². The van der Waals surface area contributed by atoms with Gasteiger partial charge in [-0.2, -0.15) is 8.88 Å². The number of rotatable bonds is 12. The maximum atomic E-state index is 12.8. The molecule has 0 saturated heterocycles. The Morgan fingerprint density at radius 3 is 2.24 bits per heavy atom. The first-order valence-electron chi connectivity index (χ1n) is 8.76. The fourth-order valence-electron chi connectivity index (χ4n) is 2.40. The fourth-order valence-corrected chi connectivity index (χ4v) is 8.02. The Hall–Kier alpha value is -0.930. The van der Waals surface area contributed by atoms with Crippen LogP contribution in [0.2, 0.25) is 0 Å². The second-order valence-corrected chi connectivity index (χ2v) is 13.6. The van der Waals surface area contributed by atoms with Crippen LogP contribution in [0.25, 0.3) is 0 Å². The predicted octanol–water partition coefficient (Wildman–Crippen LogP) is 1.08. The molecule has 0 bridgehead atoms. The SMILES string of the molecule is Cc1ncc(C[n+]2csc(CCP(=O)(OOP(=O)(O)O)OP(=O)(O)OP(=O)(O)O)c2C)c(N)n1. The highest BCUT2D eigenvalue weighted by atomic mass is 32.1. The van der Waals surface area contributed by atoms with E-state index in [2.05, 4.69) is 27.9 Å². The van der Waals surface area contributed by atoms with Crippen molar-refractivity contribution < 1.29 is 65.3 Å². The van der Waals surface area contributed by atoms with Crippen molar-refractivity contribution in [2.24, 2.45) is 0 Å². The quantitative estimate of drug-likeness (QED) is 0.0880. The number of thiazole rings is 1. The maximum absolute atomic E-state index is 12.8. The average Bonchev–Trinajstić information content (AvgIpc) is 2.98. The Labute approximate surface area is 196 Å². The number of nitrogens with two attached hydrogens (primary N) is 1. The van der Waals surface area contributed by atoms with Gasteiger partial charge in [0.15, 0.2) is 12.2 Å². The Kier molecular flexibility index (Phi) is 9.47. The van der Waals surface area contributed by atoms with Crippen LogP contribution in [0.15, 0.2) is 11.7 Å². The van der Waals surface area contributed by atoms with Gasteiger partial charge in [-0.15, -0.1) is 9.35 Å². The minimum Gasteiger partial charge on any atom is -0.383 e. The van der Waals surface area contributed by atoms with Gasteiger partial charge in [0.25, 0.3) is 0 Å². The molecule has 34 heavy (non-hydrogen) atoms. The molecule has 2 atom stereocenters. The third-order valence-corrected chi connectivity index (χ3v) is 9.91. The zero-order valence-electron chi connectivity index (χ0n) is 17.4. The molecule has 0 aromatic carbocycles. The van der Waals surface area contributed by atoms with E-state index in [9.17, 15) is 23.2 Å². The summed E-state index contributed by atoms with van der Waals surface area (Å²) < 4.78 is 63.6. The summed E-state index contributed by atoms with van der Waals surface area (Å²) in [5, 5.41) is 0. The molecule has 0 radical (unpaired) electrons. The van der Waals surface area contributed by atoms with Crippen LogP contribution in [-0.4, -0.2) is 40.6 Å². The van der Waals surface area contributed by atoms with Gasteiger partial charge in [0, 0.05) is 13.1 Å². The first-order valence-corrected chi connectivity index (χ1v) is 15.9. The van der Waals surface area contributed by atoms with Crippen LogP contribution in [-0.2, 0) is 49.2 Å². The van der Waals surface area contributed by atoms with Crippen molar-refractivity contribution in [2.75, 3.05) is 11.9 Å². The standard InChI is InChI=1S/C12H20N4O13P4S/c1-8-11(34-7-16(8)6-10-5-14-9(2)15-12(10)13)3-4-30(17,26-27-31(18,19)20)28-33(24,25)29-32(21,22)23/h5,7H,3-4,6H2,1-2H3,(H6-,13,14,15,18,19,20,21,22,23,24,25)/p+1. The van der Waals surface area contributed by atoms with Crippen LogP contribution in [0.5, 0.6) is 0 Å². The van der Waals surface area contributed by atoms with Gasteiger partial charge in [0.2, 0.25) is 5.51 Å². The first kappa shape index (κ1) is 29.3. The summed E-state index contributed by atoms with van der Waals surface area (Å²) in [5.74, 6) is 0.767. The number of nitrogen functional groups attached to an aromatic ring is 1. The van der Waals surface area contributed by atoms with E-state index in [0.717, 1.165) is 11.3 Å². The molecular formula is C12H21N4O13P4S+. The molecule has 0 amide bonds. The summed E-state index contributed by atoms with van der Waals surface area (Å²) in [6.07, 6.45) is 0.566. The molecular weight excluding hydrogens is 564 g/mol. The van der Waals surface area contributed by atoms with E-state index in [1.54, 1.807) is 30.1 Å². The molecule has 192 valence electrons. The zero-order valence-corrected chi connectivity index (χ0v) is 21.8. The van der Waals surface area contributed by atoms with E-state index in [1.165, 1.54) is 0 Å². The minimum atomic E-state index is -5.71. The van der Waals surface area contributed by atoms with E-state index in [4.69, 9.17) is 25.3 Å². The molecule has 2 unspecified atom stereocenters. The van der Waals surface area contributed by atoms with E-state index in [1.807, 2.05) is 0 Å². The van der Waals surface area contributed by atoms with Gasteiger partial charge in [-0.3, -0.25) is 4.57 Å². The Balaban J connectivity index is 2.20. The molecule has 2 rings (SSSR count). The Bertz CT molecular complexity index is 1230. The van der Waals surface area contributed by atoms with Crippen molar-refractivity contribution in [2.45, 2.75) is 26.8 Å². The third kappa shape index (κ3) is 9.61. The monoisotopic (exact) mass is 585 g/mol. The van der Waals surface area contributed by atoms with Crippen molar-refractivity contribution >= 4 is 48.2 Å². The van der Waals surface area contributed by atoms with Crippen molar-refractivity contribution in [1.29, 1.82) is 0 Å². The number of aromatic nitrogens is 3. The van der Waals surface area contributed by atoms with Gasteiger partial charge < -0.3 is 30.2 Å². The molecule has 17 nitrogen and oxygen atoms in total. The number of phosphoric acid groups is 3. The number of anilines is 1. The number of nitrogens with zero attached hydrogens (tertiary/aromatic N) is 3. The highest BCUT2D eigenvalue weighted by Crippen LogP contribution is 2.68. The lowest BCUT2D eigenvalue weighted by molar-refractivity contribution is -0.689. The molecule has 7 N–H and O–H groups in total. The van der Waals surface area contributed by atoms with E-state index < -0.39 is 37.2 Å². The number of hydrogen-bond acceptors (Lipinski definition) is 12. The van der Waals surface area contributed by atoms with Crippen LogP contribution in [0.4, 0.5) is 5.82 Å². The Morgan fingerprint density at radius 1 is 1.03 bits per heavy atom. The summed E-state index contributed by atoms with van der Waals surface area (Å²) in [6.45, 7) is 3.64. The maximum Gasteiger partial charge on any atom is 0.497 e. The van der Waals surface area contributed by atoms with Gasteiger partial charge in [-0.05, 0) is 13.3 Å². The van der Waals surface area contributed by atoms with E-state index in [-0.39, 0.29) is 18.8 Å². The molecule has 0 aliphatic rings. The fraction of sp³-hybridized carbons (Fsp3) is 0.417. The lowest BCUT2D eigenvalue weighted by Gasteiger charge is -2.19. The average molecular weight is 585 g/mol. The second-order valence-electron chi connectivity index (χ2n) is 6.53. The molecule has 2 heterocycles. The number of hydrogen-bond donors (Lipinski definition) is 6. The molecule has 2 aromatic rings.